The smallest absolute Gasteiger partial charge is 0.303 e. The third-order valence-electron chi connectivity index (χ3n) is 4.43. The van der Waals surface area contributed by atoms with Crippen molar-refractivity contribution in [2.45, 2.75) is 26.4 Å². The molecule has 0 atom stereocenters. The number of para-hydroxylation sites is 1. The maximum absolute atomic E-state index is 11.1. The molecule has 9 nitrogen and oxygen atoms in total. The minimum absolute atomic E-state index is 0.157. The largest absolute Gasteiger partial charge is 0.489 e. The van der Waals surface area contributed by atoms with E-state index in [-0.39, 0.29) is 22.2 Å². The maximum Gasteiger partial charge on any atom is 0.303 e. The SMILES string of the molecule is CC(=O)Nc1c(O)cccc1[As](=O)(O)O.O=C(O)CCc1ccc(OCc2ccccc2)cc1. The van der Waals surface area contributed by atoms with Crippen molar-refractivity contribution in [3.8, 4) is 11.5 Å². The number of ether oxygens (including phenoxy) is 1. The molecular formula is C24H26AsNO8. The van der Waals surface area contributed by atoms with E-state index in [1.54, 1.807) is 0 Å². The van der Waals surface area contributed by atoms with Gasteiger partial charge in [-0.25, -0.2) is 0 Å². The van der Waals surface area contributed by atoms with Crippen LogP contribution in [0.5, 0.6) is 11.5 Å². The fourth-order valence-electron chi connectivity index (χ4n) is 2.82. The topological polar surface area (TPSA) is 153 Å². The first-order valence-electron chi connectivity index (χ1n) is 10.2. The van der Waals surface area contributed by atoms with Crippen LogP contribution in [0.1, 0.15) is 24.5 Å². The summed E-state index contributed by atoms with van der Waals surface area (Å²) >= 11 is -5.14. The Morgan fingerprint density at radius 2 is 1.56 bits per heavy atom. The second kappa shape index (κ2) is 12.6. The minimum Gasteiger partial charge on any atom is -0.489 e. The van der Waals surface area contributed by atoms with Crippen LogP contribution in [0.15, 0.2) is 72.8 Å². The first-order chi connectivity index (χ1) is 16.1. The quantitative estimate of drug-likeness (QED) is 0.219. The Morgan fingerprint density at radius 1 is 0.912 bits per heavy atom. The number of aromatic hydroxyl groups is 1. The number of carboxylic acid groups (broad SMARTS) is 1. The number of carbonyl (C=O) groups excluding carboxylic acids is 1. The fourth-order valence-corrected chi connectivity index (χ4v) is 4.38. The molecule has 180 valence electrons. The monoisotopic (exact) mass is 531 g/mol. The van der Waals surface area contributed by atoms with Gasteiger partial charge in [-0.3, -0.25) is 4.79 Å². The molecule has 10 heteroatoms. The number of hydrogen-bond donors (Lipinski definition) is 5. The Labute approximate surface area is 199 Å². The number of phenols is 1. The van der Waals surface area contributed by atoms with Gasteiger partial charge in [-0.15, -0.1) is 0 Å². The van der Waals surface area contributed by atoms with Crippen LogP contribution in [0.4, 0.5) is 5.69 Å². The maximum atomic E-state index is 11.1. The van der Waals surface area contributed by atoms with Crippen LogP contribution in [-0.2, 0) is 26.4 Å². The number of rotatable bonds is 8. The van der Waals surface area contributed by atoms with Gasteiger partial charge in [0.2, 0.25) is 0 Å². The zero-order valence-corrected chi connectivity index (χ0v) is 20.3. The van der Waals surface area contributed by atoms with Gasteiger partial charge in [0.25, 0.3) is 0 Å². The summed E-state index contributed by atoms with van der Waals surface area (Å²) in [7, 11) is 0. The molecular weight excluding hydrogens is 505 g/mol. The molecule has 0 saturated carbocycles. The van der Waals surface area contributed by atoms with Gasteiger partial charge in [-0.2, -0.15) is 0 Å². The first kappa shape index (κ1) is 26.7. The van der Waals surface area contributed by atoms with Gasteiger partial charge in [0.15, 0.2) is 0 Å². The molecule has 0 aromatic heterocycles. The van der Waals surface area contributed by atoms with Crippen LogP contribution >= 0.6 is 0 Å². The summed E-state index contributed by atoms with van der Waals surface area (Å²) in [4.78, 5) is 21.3. The summed E-state index contributed by atoms with van der Waals surface area (Å²) in [6.07, 6.45) is 0.707. The Kier molecular flexibility index (Phi) is 9.94. The van der Waals surface area contributed by atoms with E-state index in [4.69, 9.17) is 18.0 Å². The molecule has 34 heavy (non-hydrogen) atoms. The summed E-state index contributed by atoms with van der Waals surface area (Å²) in [5, 5.41) is 20.2. The van der Waals surface area contributed by atoms with Crippen molar-refractivity contribution < 1.29 is 36.5 Å². The normalized spacial score (nSPS) is 10.6. The molecule has 3 aromatic carbocycles. The summed E-state index contributed by atoms with van der Waals surface area (Å²) in [6, 6.07) is 21.2. The van der Waals surface area contributed by atoms with Gasteiger partial charge in [-0.05, 0) is 29.7 Å². The van der Waals surface area contributed by atoms with E-state index in [0.717, 1.165) is 16.9 Å². The molecule has 0 bridgehead atoms. The van der Waals surface area contributed by atoms with Crippen LogP contribution in [0.3, 0.4) is 0 Å². The van der Waals surface area contributed by atoms with E-state index >= 15 is 0 Å². The van der Waals surface area contributed by atoms with Crippen molar-refractivity contribution in [1.82, 2.24) is 0 Å². The summed E-state index contributed by atoms with van der Waals surface area (Å²) in [5.74, 6) is -0.860. The predicted octanol–water partition coefficient (Wildman–Crippen LogP) is 2.19. The predicted molar refractivity (Wildman–Crippen MR) is 126 cm³/mol. The van der Waals surface area contributed by atoms with Gasteiger partial charge in [-0.1, -0.05) is 42.5 Å². The average Bonchev–Trinajstić information content (AvgIpc) is 2.78. The number of hydrogen-bond acceptors (Lipinski definition) is 5. The van der Waals surface area contributed by atoms with Gasteiger partial charge in [0, 0.05) is 6.42 Å². The molecule has 0 saturated heterocycles. The summed E-state index contributed by atoms with van der Waals surface area (Å²) in [5.41, 5.74) is 1.91. The van der Waals surface area contributed by atoms with E-state index < -0.39 is 26.0 Å². The summed E-state index contributed by atoms with van der Waals surface area (Å²) in [6.45, 7) is 1.72. The zero-order chi connectivity index (χ0) is 25.1. The van der Waals surface area contributed by atoms with Crippen LogP contribution in [-0.4, -0.2) is 44.5 Å². The fraction of sp³-hybridized carbons (Fsp3) is 0.167. The standard InChI is InChI=1S/C16H16O3.C8H10AsNO5/c17-16(18)11-8-13-6-9-15(10-7-13)19-12-14-4-2-1-3-5-14;1-5(11)10-8-6(9(13,14)15)3-2-4-7(8)12/h1-7,9-10H,8,11-12H2,(H,17,18);2-4,12H,1H3,(H,10,11)(H2,13,14,15). The van der Waals surface area contributed by atoms with E-state index in [2.05, 4.69) is 5.32 Å². The van der Waals surface area contributed by atoms with Crippen molar-refractivity contribution in [2.75, 3.05) is 5.32 Å². The van der Waals surface area contributed by atoms with E-state index in [1.807, 2.05) is 54.6 Å². The minimum atomic E-state index is -5.14. The van der Waals surface area contributed by atoms with E-state index in [9.17, 15) is 18.4 Å². The molecule has 0 radical (unpaired) electrons. The van der Waals surface area contributed by atoms with Gasteiger partial charge in [0.05, 0.1) is 0 Å². The second-order valence-electron chi connectivity index (χ2n) is 7.21. The molecule has 0 fully saturated rings. The number of anilines is 1. The van der Waals surface area contributed by atoms with Crippen LogP contribution in [0.2, 0.25) is 0 Å². The number of aliphatic carboxylic acids is 1. The van der Waals surface area contributed by atoms with Crippen LogP contribution < -0.4 is 14.4 Å². The van der Waals surface area contributed by atoms with Gasteiger partial charge >= 0.3 is 94.1 Å². The number of nitrogens with one attached hydrogen (secondary N) is 1. The molecule has 0 aliphatic heterocycles. The van der Waals surface area contributed by atoms with Crippen molar-refractivity contribution >= 4 is 36.1 Å². The molecule has 5 N–H and O–H groups in total. The number of aryl methyl sites for hydroxylation is 1. The second-order valence-corrected chi connectivity index (χ2v) is 10.5. The Morgan fingerprint density at radius 3 is 2.12 bits per heavy atom. The first-order valence-corrected chi connectivity index (χ1v) is 13.6. The third-order valence-corrected chi connectivity index (χ3v) is 6.53. The summed E-state index contributed by atoms with van der Waals surface area (Å²) < 4.78 is 34.4. The molecule has 0 spiro atoms. The Hall–Kier alpha value is -3.52. The average molecular weight is 531 g/mol. The molecule has 0 unspecified atom stereocenters. The van der Waals surface area contributed by atoms with Crippen LogP contribution in [0, 0.1) is 0 Å². The molecule has 0 aliphatic rings. The van der Waals surface area contributed by atoms with Crippen molar-refractivity contribution in [3.05, 3.63) is 83.9 Å². The van der Waals surface area contributed by atoms with Gasteiger partial charge in [0.1, 0.15) is 12.4 Å². The Balaban J connectivity index is 0.000000248. The molecule has 0 aliphatic carbocycles. The van der Waals surface area contributed by atoms with Crippen molar-refractivity contribution in [3.63, 3.8) is 0 Å². The van der Waals surface area contributed by atoms with Gasteiger partial charge < -0.3 is 9.84 Å². The van der Waals surface area contributed by atoms with Crippen molar-refractivity contribution in [2.24, 2.45) is 0 Å². The van der Waals surface area contributed by atoms with E-state index in [1.165, 1.54) is 25.1 Å². The third kappa shape index (κ3) is 9.15. The van der Waals surface area contributed by atoms with Crippen LogP contribution in [0.25, 0.3) is 0 Å². The number of benzene rings is 3. The number of carbonyl (C=O) groups is 2. The molecule has 0 heterocycles. The van der Waals surface area contributed by atoms with Crippen molar-refractivity contribution in [1.29, 1.82) is 0 Å². The molecule has 3 aromatic rings. The number of carboxylic acids is 1. The molecule has 1 amide bonds. The Bertz CT molecular complexity index is 1140. The number of phenolic OH excluding ortho intramolecular Hbond substituents is 1. The molecule has 3 rings (SSSR count). The zero-order valence-electron chi connectivity index (χ0n) is 18.4. The van der Waals surface area contributed by atoms with E-state index in [0.29, 0.717) is 13.0 Å². The number of amides is 1.